The van der Waals surface area contributed by atoms with Crippen LogP contribution in [-0.2, 0) is 16.4 Å². The normalized spacial score (nSPS) is 14.8. The molecule has 0 bridgehead atoms. The SMILES string of the molecule is CCS(=O)(=O)c1ccc(CNc2nc3cnc(-c4c(C)ncnc4C4CC4)nc3n([C@@H](C)C(F)(F)F)c2=O)nc1. The van der Waals surface area contributed by atoms with Crippen molar-refractivity contribution in [1.29, 1.82) is 0 Å². The van der Waals surface area contributed by atoms with E-state index in [-0.39, 0.29) is 45.9 Å². The first-order chi connectivity index (χ1) is 18.9. The van der Waals surface area contributed by atoms with Crippen LogP contribution in [0.1, 0.15) is 55.7 Å². The van der Waals surface area contributed by atoms with Crippen molar-refractivity contribution in [2.24, 2.45) is 0 Å². The molecule has 4 aromatic heterocycles. The van der Waals surface area contributed by atoms with Crippen molar-refractivity contribution >= 4 is 26.8 Å². The average Bonchev–Trinajstić information content (AvgIpc) is 3.77. The van der Waals surface area contributed by atoms with E-state index in [1.165, 1.54) is 37.8 Å². The number of nitrogens with zero attached hydrogens (tertiary/aromatic N) is 7. The number of sulfone groups is 1. The van der Waals surface area contributed by atoms with Gasteiger partial charge < -0.3 is 5.32 Å². The highest BCUT2D eigenvalue weighted by molar-refractivity contribution is 7.91. The van der Waals surface area contributed by atoms with Crippen molar-refractivity contribution in [2.45, 2.75) is 63.2 Å². The minimum atomic E-state index is -4.76. The van der Waals surface area contributed by atoms with Crippen LogP contribution in [0.4, 0.5) is 19.0 Å². The number of aryl methyl sites for hydroxylation is 1. The van der Waals surface area contributed by atoms with Crippen molar-refractivity contribution in [3.63, 3.8) is 0 Å². The zero-order valence-corrected chi connectivity index (χ0v) is 22.6. The second-order valence-electron chi connectivity index (χ2n) is 9.49. The first-order valence-corrected chi connectivity index (χ1v) is 14.1. The molecule has 4 heterocycles. The summed E-state index contributed by atoms with van der Waals surface area (Å²) in [7, 11) is -3.45. The molecular formula is C25H25F3N8O3S. The Hall–Kier alpha value is -4.01. The Labute approximate surface area is 226 Å². The average molecular weight is 575 g/mol. The minimum absolute atomic E-state index is 0.0261. The molecule has 0 aromatic carbocycles. The van der Waals surface area contributed by atoms with Crippen LogP contribution in [0.2, 0.25) is 0 Å². The van der Waals surface area contributed by atoms with Crippen LogP contribution < -0.4 is 10.9 Å². The maximum Gasteiger partial charge on any atom is 0.409 e. The number of pyridine rings is 1. The topological polar surface area (TPSA) is 146 Å². The van der Waals surface area contributed by atoms with Gasteiger partial charge in [-0.1, -0.05) is 6.92 Å². The number of nitrogens with one attached hydrogen (secondary N) is 1. The molecule has 1 atom stereocenters. The molecule has 5 rings (SSSR count). The smallest absolute Gasteiger partial charge is 0.360 e. The summed E-state index contributed by atoms with van der Waals surface area (Å²) in [5.74, 6) is -0.136. The third-order valence-corrected chi connectivity index (χ3v) is 8.44. The molecule has 0 aliphatic heterocycles. The van der Waals surface area contributed by atoms with Gasteiger partial charge in [-0.15, -0.1) is 0 Å². The number of hydrogen-bond acceptors (Lipinski definition) is 10. The van der Waals surface area contributed by atoms with Crippen molar-refractivity contribution in [1.82, 2.24) is 34.5 Å². The van der Waals surface area contributed by atoms with Crippen LogP contribution in [0.25, 0.3) is 22.6 Å². The van der Waals surface area contributed by atoms with Crippen molar-refractivity contribution in [3.05, 3.63) is 58.3 Å². The number of alkyl halides is 3. The van der Waals surface area contributed by atoms with Gasteiger partial charge in [0.25, 0.3) is 5.56 Å². The molecule has 1 aliphatic rings. The molecule has 0 radical (unpaired) electrons. The van der Waals surface area contributed by atoms with Gasteiger partial charge in [-0.05, 0) is 38.8 Å². The highest BCUT2D eigenvalue weighted by atomic mass is 32.2. The van der Waals surface area contributed by atoms with Crippen LogP contribution in [0, 0.1) is 6.92 Å². The van der Waals surface area contributed by atoms with Gasteiger partial charge in [0.1, 0.15) is 17.9 Å². The monoisotopic (exact) mass is 574 g/mol. The zero-order valence-electron chi connectivity index (χ0n) is 21.8. The fourth-order valence-electron chi connectivity index (χ4n) is 4.22. The van der Waals surface area contributed by atoms with Gasteiger partial charge in [-0.2, -0.15) is 13.2 Å². The lowest BCUT2D eigenvalue weighted by Gasteiger charge is -2.21. The molecule has 1 saturated carbocycles. The van der Waals surface area contributed by atoms with Crippen molar-refractivity contribution < 1.29 is 21.6 Å². The number of anilines is 1. The Morgan fingerprint density at radius 3 is 2.48 bits per heavy atom. The molecule has 0 amide bonds. The minimum Gasteiger partial charge on any atom is -0.360 e. The summed E-state index contributed by atoms with van der Waals surface area (Å²) >= 11 is 0. The Bertz CT molecular complexity index is 1750. The number of aromatic nitrogens is 7. The van der Waals surface area contributed by atoms with Crippen molar-refractivity contribution in [3.8, 4) is 11.4 Å². The maximum absolute atomic E-state index is 13.9. The molecule has 15 heteroatoms. The van der Waals surface area contributed by atoms with E-state index in [1.54, 1.807) is 6.92 Å². The van der Waals surface area contributed by atoms with Gasteiger partial charge in [-0.3, -0.25) is 14.3 Å². The van der Waals surface area contributed by atoms with Crippen LogP contribution in [0.5, 0.6) is 0 Å². The maximum atomic E-state index is 13.9. The largest absolute Gasteiger partial charge is 0.409 e. The molecule has 40 heavy (non-hydrogen) atoms. The third kappa shape index (κ3) is 5.24. The zero-order chi connectivity index (χ0) is 28.8. The number of rotatable bonds is 8. The first kappa shape index (κ1) is 27.6. The van der Waals surface area contributed by atoms with E-state index in [2.05, 4.69) is 35.2 Å². The Morgan fingerprint density at radius 1 is 1.10 bits per heavy atom. The standard InChI is InChI=1S/C25H25F3N8O3S/c1-4-40(38,39)17-8-7-16(29-10-17)9-30-22-24(37)36(14(3)25(26,27)28)23-18(34-22)11-31-21(35-23)19-13(2)32-12-33-20(19)15-5-6-15/h7-8,10-12,14-15H,4-6,9H2,1-3H3,(H,30,34)/t14-/m0/s1. The third-order valence-electron chi connectivity index (χ3n) is 6.72. The Morgan fingerprint density at radius 2 is 1.85 bits per heavy atom. The molecule has 0 spiro atoms. The molecule has 1 N–H and O–H groups in total. The van der Waals surface area contributed by atoms with Gasteiger partial charge in [0.15, 0.2) is 27.1 Å². The molecule has 0 saturated heterocycles. The highest BCUT2D eigenvalue weighted by Crippen LogP contribution is 2.43. The van der Waals surface area contributed by atoms with E-state index in [0.717, 1.165) is 25.5 Å². The highest BCUT2D eigenvalue weighted by Gasteiger charge is 2.40. The summed E-state index contributed by atoms with van der Waals surface area (Å²) in [4.78, 5) is 39.0. The fourth-order valence-corrected chi connectivity index (χ4v) is 5.04. The predicted molar refractivity (Wildman–Crippen MR) is 139 cm³/mol. The second kappa shape index (κ2) is 10.2. The molecule has 0 unspecified atom stereocenters. The van der Waals surface area contributed by atoms with E-state index in [1.807, 2.05) is 0 Å². The van der Waals surface area contributed by atoms with Gasteiger partial charge in [0, 0.05) is 12.1 Å². The summed E-state index contributed by atoms with van der Waals surface area (Å²) < 4.78 is 66.4. The summed E-state index contributed by atoms with van der Waals surface area (Å²) in [5, 5.41) is 2.73. The number of hydrogen-bond donors (Lipinski definition) is 1. The van der Waals surface area contributed by atoms with E-state index >= 15 is 0 Å². The lowest BCUT2D eigenvalue weighted by atomic mass is 10.1. The lowest BCUT2D eigenvalue weighted by molar-refractivity contribution is -0.162. The molecule has 210 valence electrons. The summed E-state index contributed by atoms with van der Waals surface area (Å²) in [6.07, 6.45) is 0.986. The number of fused-ring (bicyclic) bond motifs is 1. The van der Waals surface area contributed by atoms with Crippen molar-refractivity contribution in [2.75, 3.05) is 11.1 Å². The van der Waals surface area contributed by atoms with Gasteiger partial charge in [-0.25, -0.2) is 33.3 Å². The van der Waals surface area contributed by atoms with Crippen LogP contribution in [0.15, 0.2) is 40.5 Å². The van der Waals surface area contributed by atoms with Crippen LogP contribution in [-0.4, -0.2) is 54.8 Å². The molecule has 1 aliphatic carbocycles. The second-order valence-corrected chi connectivity index (χ2v) is 11.8. The molecule has 11 nitrogen and oxygen atoms in total. The molecular weight excluding hydrogens is 549 g/mol. The van der Waals surface area contributed by atoms with Gasteiger partial charge in [0.05, 0.1) is 46.0 Å². The van der Waals surface area contributed by atoms with E-state index in [0.29, 0.717) is 21.5 Å². The fraction of sp³-hybridized carbons (Fsp3) is 0.400. The van der Waals surface area contributed by atoms with Crippen LogP contribution in [0.3, 0.4) is 0 Å². The Kier molecular flexibility index (Phi) is 7.02. The van der Waals surface area contributed by atoms with E-state index in [9.17, 15) is 26.4 Å². The van der Waals surface area contributed by atoms with Crippen LogP contribution >= 0.6 is 0 Å². The van der Waals surface area contributed by atoms with E-state index < -0.39 is 27.6 Å². The quantitative estimate of drug-likeness (QED) is 0.330. The molecule has 1 fully saturated rings. The first-order valence-electron chi connectivity index (χ1n) is 12.5. The Balaban J connectivity index is 1.57. The summed E-state index contributed by atoms with van der Waals surface area (Å²) in [6.45, 7) is 4.03. The molecule has 4 aromatic rings. The van der Waals surface area contributed by atoms with Gasteiger partial charge >= 0.3 is 6.18 Å². The summed E-state index contributed by atoms with van der Waals surface area (Å²) in [6, 6.07) is 0.604. The summed E-state index contributed by atoms with van der Waals surface area (Å²) in [5.41, 5.74) is 0.851. The van der Waals surface area contributed by atoms with Gasteiger partial charge in [0.2, 0.25) is 0 Å². The number of halogens is 3. The van der Waals surface area contributed by atoms with E-state index in [4.69, 9.17) is 0 Å². The predicted octanol–water partition coefficient (Wildman–Crippen LogP) is 3.75. The lowest BCUT2D eigenvalue weighted by Crippen LogP contribution is -2.35.